The van der Waals surface area contributed by atoms with Crippen LogP contribution in [-0.2, 0) is 11.3 Å². The Kier molecular flexibility index (Phi) is 6.38. The molecular formula is C19H21ClN2O2. The number of nitrogens with zero attached hydrogens (tertiary/aromatic N) is 1. The number of amides is 2. The first-order valence-corrected chi connectivity index (χ1v) is 8.22. The van der Waals surface area contributed by atoms with Crippen molar-refractivity contribution in [3.63, 3.8) is 0 Å². The minimum Gasteiger partial charge on any atom is -0.343 e. The van der Waals surface area contributed by atoms with Crippen molar-refractivity contribution in [3.05, 3.63) is 70.7 Å². The van der Waals surface area contributed by atoms with E-state index in [1.54, 1.807) is 29.2 Å². The van der Waals surface area contributed by atoms with Crippen LogP contribution < -0.4 is 5.32 Å². The maximum absolute atomic E-state index is 12.5. The van der Waals surface area contributed by atoms with Crippen LogP contribution in [0.1, 0.15) is 29.8 Å². The third-order valence-corrected chi connectivity index (χ3v) is 3.86. The zero-order valence-electron chi connectivity index (χ0n) is 13.8. The van der Waals surface area contributed by atoms with Crippen molar-refractivity contribution >= 4 is 23.4 Å². The first-order chi connectivity index (χ1) is 11.5. The molecule has 126 valence electrons. The molecule has 24 heavy (non-hydrogen) atoms. The van der Waals surface area contributed by atoms with Crippen molar-refractivity contribution in [1.82, 2.24) is 10.2 Å². The third kappa shape index (κ3) is 5.10. The lowest BCUT2D eigenvalue weighted by molar-refractivity contribution is -0.132. The number of carbonyl (C=O) groups excluding carboxylic acids is 2. The molecular weight excluding hydrogens is 324 g/mol. The first kappa shape index (κ1) is 18.0. The minimum absolute atomic E-state index is 0.0424. The van der Waals surface area contributed by atoms with Crippen LogP contribution in [0.4, 0.5) is 0 Å². The van der Waals surface area contributed by atoms with Gasteiger partial charge < -0.3 is 10.2 Å². The van der Waals surface area contributed by atoms with Crippen LogP contribution >= 0.6 is 11.6 Å². The second-order valence-corrected chi connectivity index (χ2v) is 6.23. The quantitative estimate of drug-likeness (QED) is 0.871. The number of hydrogen-bond donors (Lipinski definition) is 1. The van der Waals surface area contributed by atoms with Gasteiger partial charge >= 0.3 is 0 Å². The predicted molar refractivity (Wildman–Crippen MR) is 95.9 cm³/mol. The average molecular weight is 345 g/mol. The fourth-order valence-corrected chi connectivity index (χ4v) is 2.52. The highest BCUT2D eigenvalue weighted by Crippen LogP contribution is 2.11. The van der Waals surface area contributed by atoms with Gasteiger partial charge in [-0.1, -0.05) is 48.0 Å². The summed E-state index contributed by atoms with van der Waals surface area (Å²) in [5.74, 6) is -0.432. The molecule has 2 rings (SSSR count). The van der Waals surface area contributed by atoms with Gasteiger partial charge in [-0.05, 0) is 37.6 Å². The van der Waals surface area contributed by atoms with Gasteiger partial charge in [-0.3, -0.25) is 9.59 Å². The minimum atomic E-state index is -0.311. The molecule has 0 radical (unpaired) electrons. The van der Waals surface area contributed by atoms with Crippen LogP contribution in [0.3, 0.4) is 0 Å². The monoisotopic (exact) mass is 344 g/mol. The number of rotatable bonds is 6. The first-order valence-electron chi connectivity index (χ1n) is 7.84. The molecule has 0 spiro atoms. The van der Waals surface area contributed by atoms with Crippen molar-refractivity contribution in [1.29, 1.82) is 0 Å². The molecule has 0 aliphatic rings. The number of halogens is 1. The standard InChI is InChI=1S/C19H21ClN2O2/c1-14(2)22(13-15-7-4-3-5-8-15)18(23)12-21-19(24)16-9-6-10-17(20)11-16/h3-11,14H,12-13H2,1-2H3,(H,21,24). The fourth-order valence-electron chi connectivity index (χ4n) is 2.33. The van der Waals surface area contributed by atoms with Gasteiger partial charge in [0.05, 0.1) is 6.54 Å². The van der Waals surface area contributed by atoms with Gasteiger partial charge in [0, 0.05) is 23.2 Å². The molecule has 0 aliphatic carbocycles. The molecule has 0 fully saturated rings. The van der Waals surface area contributed by atoms with Crippen molar-refractivity contribution in [2.45, 2.75) is 26.4 Å². The SMILES string of the molecule is CC(C)N(Cc1ccccc1)C(=O)CNC(=O)c1cccc(Cl)c1. The second kappa shape index (κ2) is 8.50. The maximum Gasteiger partial charge on any atom is 0.251 e. The summed E-state index contributed by atoms with van der Waals surface area (Å²) in [5, 5.41) is 3.15. The van der Waals surface area contributed by atoms with Gasteiger partial charge in [0.1, 0.15) is 0 Å². The van der Waals surface area contributed by atoms with Gasteiger partial charge in [-0.25, -0.2) is 0 Å². The van der Waals surface area contributed by atoms with Crippen molar-refractivity contribution in [2.24, 2.45) is 0 Å². The van der Waals surface area contributed by atoms with Gasteiger partial charge in [0.2, 0.25) is 5.91 Å². The number of carbonyl (C=O) groups is 2. The molecule has 1 N–H and O–H groups in total. The number of benzene rings is 2. The van der Waals surface area contributed by atoms with Crippen LogP contribution in [0, 0.1) is 0 Å². The molecule has 4 nitrogen and oxygen atoms in total. The Hall–Kier alpha value is -2.33. The smallest absolute Gasteiger partial charge is 0.251 e. The van der Waals surface area contributed by atoms with E-state index in [1.165, 1.54) is 0 Å². The topological polar surface area (TPSA) is 49.4 Å². The molecule has 0 atom stereocenters. The zero-order chi connectivity index (χ0) is 17.5. The van der Waals surface area contributed by atoms with E-state index in [0.29, 0.717) is 17.1 Å². The molecule has 0 saturated carbocycles. The van der Waals surface area contributed by atoms with Crippen LogP contribution in [0.25, 0.3) is 0 Å². The Morgan fingerprint density at radius 3 is 2.42 bits per heavy atom. The lowest BCUT2D eigenvalue weighted by Crippen LogP contribution is -2.43. The fraction of sp³-hybridized carbons (Fsp3) is 0.263. The van der Waals surface area contributed by atoms with E-state index >= 15 is 0 Å². The van der Waals surface area contributed by atoms with E-state index in [0.717, 1.165) is 5.56 Å². The molecule has 2 amide bonds. The molecule has 0 aliphatic heterocycles. The van der Waals surface area contributed by atoms with Gasteiger partial charge in [-0.15, -0.1) is 0 Å². The van der Waals surface area contributed by atoms with E-state index in [1.807, 2.05) is 44.2 Å². The van der Waals surface area contributed by atoms with Crippen LogP contribution in [0.2, 0.25) is 5.02 Å². The number of hydrogen-bond acceptors (Lipinski definition) is 2. The highest BCUT2D eigenvalue weighted by Gasteiger charge is 2.18. The summed E-state index contributed by atoms with van der Waals surface area (Å²) in [6, 6.07) is 16.5. The summed E-state index contributed by atoms with van der Waals surface area (Å²) < 4.78 is 0. The highest BCUT2D eigenvalue weighted by atomic mass is 35.5. The number of nitrogens with one attached hydrogen (secondary N) is 1. The molecule has 0 saturated heterocycles. The second-order valence-electron chi connectivity index (χ2n) is 5.79. The maximum atomic E-state index is 12.5. The van der Waals surface area contributed by atoms with Crippen LogP contribution in [0.5, 0.6) is 0 Å². The normalized spacial score (nSPS) is 10.5. The lowest BCUT2D eigenvalue weighted by atomic mass is 10.2. The average Bonchev–Trinajstić information content (AvgIpc) is 2.58. The molecule has 0 bridgehead atoms. The largest absolute Gasteiger partial charge is 0.343 e. The molecule has 0 heterocycles. The summed E-state index contributed by atoms with van der Waals surface area (Å²) in [4.78, 5) is 26.3. The van der Waals surface area contributed by atoms with E-state index < -0.39 is 0 Å². The van der Waals surface area contributed by atoms with Crippen molar-refractivity contribution < 1.29 is 9.59 Å². The Balaban J connectivity index is 1.97. The third-order valence-electron chi connectivity index (χ3n) is 3.63. The van der Waals surface area contributed by atoms with Crippen LogP contribution in [-0.4, -0.2) is 29.3 Å². The van der Waals surface area contributed by atoms with Crippen molar-refractivity contribution in [3.8, 4) is 0 Å². The van der Waals surface area contributed by atoms with Gasteiger partial charge in [0.25, 0.3) is 5.91 Å². The summed E-state index contributed by atoms with van der Waals surface area (Å²) >= 11 is 5.88. The zero-order valence-corrected chi connectivity index (χ0v) is 14.6. The molecule has 0 unspecified atom stereocenters. The lowest BCUT2D eigenvalue weighted by Gasteiger charge is -2.27. The van der Waals surface area contributed by atoms with E-state index in [2.05, 4.69) is 5.32 Å². The van der Waals surface area contributed by atoms with E-state index in [9.17, 15) is 9.59 Å². The molecule has 0 aromatic heterocycles. The van der Waals surface area contributed by atoms with E-state index in [-0.39, 0.29) is 24.4 Å². The van der Waals surface area contributed by atoms with Crippen LogP contribution in [0.15, 0.2) is 54.6 Å². The Morgan fingerprint density at radius 1 is 1.08 bits per heavy atom. The summed E-state index contributed by atoms with van der Waals surface area (Å²) in [7, 11) is 0. The Morgan fingerprint density at radius 2 is 1.79 bits per heavy atom. The van der Waals surface area contributed by atoms with Crippen molar-refractivity contribution in [2.75, 3.05) is 6.54 Å². The summed E-state index contributed by atoms with van der Waals surface area (Å²) in [5.41, 5.74) is 1.50. The molecule has 2 aromatic rings. The molecule has 2 aromatic carbocycles. The van der Waals surface area contributed by atoms with Gasteiger partial charge in [0.15, 0.2) is 0 Å². The van der Waals surface area contributed by atoms with Gasteiger partial charge in [-0.2, -0.15) is 0 Å². The van der Waals surface area contributed by atoms with E-state index in [4.69, 9.17) is 11.6 Å². The molecule has 5 heteroatoms. The summed E-state index contributed by atoms with van der Waals surface area (Å²) in [6.45, 7) is 4.39. The highest BCUT2D eigenvalue weighted by molar-refractivity contribution is 6.30. The predicted octanol–water partition coefficient (Wildman–Crippen LogP) is 3.51. The summed E-state index contributed by atoms with van der Waals surface area (Å²) in [6.07, 6.45) is 0. The Labute approximate surface area is 147 Å². The Bertz CT molecular complexity index is 702.